The molecule has 0 amide bonds. The lowest BCUT2D eigenvalue weighted by molar-refractivity contribution is -0.143. The zero-order valence-corrected chi connectivity index (χ0v) is 28.5. The van der Waals surface area contributed by atoms with Crippen LogP contribution in [-0.2, 0) is 32.6 Å². The molecule has 0 bridgehead atoms. The van der Waals surface area contributed by atoms with Crippen molar-refractivity contribution in [1.82, 2.24) is 24.3 Å². The van der Waals surface area contributed by atoms with E-state index in [9.17, 15) is 26.4 Å². The van der Waals surface area contributed by atoms with Gasteiger partial charge in [-0.3, -0.25) is 4.79 Å². The Bertz CT molecular complexity index is 2120. The lowest BCUT2D eigenvalue weighted by Gasteiger charge is -2.24. The number of pyridine rings is 1. The highest BCUT2D eigenvalue weighted by atomic mass is 35.5. The molecule has 1 aliphatic rings. The van der Waals surface area contributed by atoms with Crippen LogP contribution in [0.1, 0.15) is 54.9 Å². The van der Waals surface area contributed by atoms with Crippen molar-refractivity contribution in [1.29, 1.82) is 0 Å². The van der Waals surface area contributed by atoms with Crippen LogP contribution in [0.2, 0.25) is 5.02 Å². The van der Waals surface area contributed by atoms with E-state index in [2.05, 4.69) is 15.3 Å². The number of sulfonamides is 1. The second-order valence-electron chi connectivity index (χ2n) is 11.5. The van der Waals surface area contributed by atoms with Gasteiger partial charge in [0, 0.05) is 23.4 Å². The summed E-state index contributed by atoms with van der Waals surface area (Å²) >= 11 is 7.62. The Morgan fingerprint density at radius 1 is 1.21 bits per heavy atom. The smallest absolute Gasteiger partial charge is 0.408 e. The highest BCUT2D eigenvalue weighted by Gasteiger charge is 2.36. The summed E-state index contributed by atoms with van der Waals surface area (Å²) in [6.07, 6.45) is -3.15. The number of hydrogen-bond acceptors (Lipinski definition) is 9. The number of aromatic nitrogens is 4. The number of aryl methyl sites for hydroxylation is 1. The molecular weight excluding hydrogens is 691 g/mol. The lowest BCUT2D eigenvalue weighted by Crippen LogP contribution is -2.36. The maximum absolute atomic E-state index is 14.0. The number of carbonyl (C=O) groups excluding carboxylic acids is 1. The number of ether oxygens (including phenoxy) is 2. The van der Waals surface area contributed by atoms with Gasteiger partial charge >= 0.3 is 12.1 Å². The van der Waals surface area contributed by atoms with E-state index < -0.39 is 40.7 Å². The second-order valence-corrected chi connectivity index (χ2v) is 14.8. The third-order valence-corrected chi connectivity index (χ3v) is 11.3. The standard InChI is InChI=1S/C32H31ClF3N5O5S2/c1-4-23-16-40(48(43,44)27-12-22(33)14-37-31(27)46-23)15-21-11-20(10-19-8-9-47-30(19)21)25(13-28(42)45-5-2)24-6-7-26-29(18(24)3)38-39-41(26)17-32(34,35)36/h6-12,14,23,25H,4-5,13,15-17H2,1-3H3/t23-,25?/m1/s1. The third-order valence-electron chi connectivity index (χ3n) is 8.31. The maximum Gasteiger partial charge on any atom is 0.408 e. The van der Waals surface area contributed by atoms with Gasteiger partial charge in [0.2, 0.25) is 15.9 Å². The molecule has 1 unspecified atom stereocenters. The first kappa shape index (κ1) is 34.1. The summed E-state index contributed by atoms with van der Waals surface area (Å²) < 4.78 is 82.0. The number of alkyl halides is 3. The van der Waals surface area contributed by atoms with Gasteiger partial charge in [0.05, 0.1) is 30.1 Å². The average molecular weight is 722 g/mol. The zero-order chi connectivity index (χ0) is 34.4. The topological polar surface area (TPSA) is 117 Å². The fourth-order valence-corrected chi connectivity index (χ4v) is 8.69. The molecule has 0 spiro atoms. The summed E-state index contributed by atoms with van der Waals surface area (Å²) in [6.45, 7) is 4.27. The van der Waals surface area contributed by atoms with E-state index in [1.165, 1.54) is 34.0 Å². The first-order chi connectivity index (χ1) is 22.8. The summed E-state index contributed by atoms with van der Waals surface area (Å²) in [5.41, 5.74) is 3.14. The highest BCUT2D eigenvalue weighted by Crippen LogP contribution is 2.39. The molecule has 4 heterocycles. The van der Waals surface area contributed by atoms with Gasteiger partial charge in [-0.15, -0.1) is 16.4 Å². The van der Waals surface area contributed by atoms with Crippen LogP contribution in [0.5, 0.6) is 5.88 Å². The van der Waals surface area contributed by atoms with Crippen LogP contribution in [0.4, 0.5) is 13.2 Å². The molecule has 1 aliphatic heterocycles. The SMILES string of the molecule is CCOC(=O)CC(c1cc(CN2C[C@@H](CC)Oc3ncc(Cl)cc3S2(=O)=O)c2sccc2c1)c1ccc2c(nnn2CC(F)(F)F)c1C. The summed E-state index contributed by atoms with van der Waals surface area (Å²) in [7, 11) is -4.09. The van der Waals surface area contributed by atoms with E-state index >= 15 is 0 Å². The van der Waals surface area contributed by atoms with Gasteiger partial charge < -0.3 is 9.47 Å². The van der Waals surface area contributed by atoms with Gasteiger partial charge in [0.15, 0.2) is 0 Å². The Hall–Kier alpha value is -3.79. The molecule has 16 heteroatoms. The molecule has 2 aromatic carbocycles. The van der Waals surface area contributed by atoms with Crippen molar-refractivity contribution < 1.29 is 35.9 Å². The molecule has 0 aliphatic carbocycles. The molecule has 254 valence electrons. The number of esters is 1. The van der Waals surface area contributed by atoms with E-state index in [1.807, 2.05) is 30.5 Å². The van der Waals surface area contributed by atoms with Crippen LogP contribution in [0.15, 0.2) is 52.9 Å². The first-order valence-electron chi connectivity index (χ1n) is 15.2. The summed E-state index contributed by atoms with van der Waals surface area (Å²) in [5.74, 6) is -1.06. The van der Waals surface area contributed by atoms with Gasteiger partial charge in [-0.2, -0.15) is 17.5 Å². The fraction of sp³-hybridized carbons (Fsp3) is 0.375. The molecule has 0 radical (unpaired) electrons. The molecule has 48 heavy (non-hydrogen) atoms. The second kappa shape index (κ2) is 13.3. The Morgan fingerprint density at radius 2 is 2.00 bits per heavy atom. The van der Waals surface area contributed by atoms with Gasteiger partial charge in [0.1, 0.15) is 23.1 Å². The van der Waals surface area contributed by atoms with Crippen molar-refractivity contribution in [3.63, 3.8) is 0 Å². The normalized spacial score (nSPS) is 17.2. The van der Waals surface area contributed by atoms with Crippen molar-refractivity contribution in [3.05, 3.63) is 75.3 Å². The molecule has 0 saturated carbocycles. The van der Waals surface area contributed by atoms with Gasteiger partial charge in [-0.05, 0) is 77.6 Å². The van der Waals surface area contributed by atoms with Crippen molar-refractivity contribution in [2.24, 2.45) is 0 Å². The number of rotatable bonds is 9. The molecule has 6 rings (SSSR count). The first-order valence-corrected chi connectivity index (χ1v) is 17.9. The summed E-state index contributed by atoms with van der Waals surface area (Å²) in [5, 5.41) is 10.7. The predicted octanol–water partition coefficient (Wildman–Crippen LogP) is 7.01. The zero-order valence-electron chi connectivity index (χ0n) is 26.1. The van der Waals surface area contributed by atoms with Gasteiger partial charge in [-0.1, -0.05) is 35.9 Å². The quantitative estimate of drug-likeness (QED) is 0.149. The predicted molar refractivity (Wildman–Crippen MR) is 175 cm³/mol. The van der Waals surface area contributed by atoms with Gasteiger partial charge in [-0.25, -0.2) is 18.1 Å². The van der Waals surface area contributed by atoms with Crippen LogP contribution in [0.3, 0.4) is 0 Å². The van der Waals surface area contributed by atoms with Crippen molar-refractivity contribution in [3.8, 4) is 5.88 Å². The van der Waals surface area contributed by atoms with E-state index in [4.69, 9.17) is 21.1 Å². The monoisotopic (exact) mass is 721 g/mol. The number of carbonyl (C=O) groups is 1. The van der Waals surface area contributed by atoms with Gasteiger partial charge in [0.25, 0.3) is 0 Å². The summed E-state index contributed by atoms with van der Waals surface area (Å²) in [6, 6.07) is 10.3. The number of benzene rings is 2. The number of thiophene rings is 1. The van der Waals surface area contributed by atoms with Crippen LogP contribution in [-0.4, -0.2) is 64.1 Å². The van der Waals surface area contributed by atoms with Crippen molar-refractivity contribution in [2.45, 2.75) is 69.8 Å². The molecule has 0 saturated heterocycles. The lowest BCUT2D eigenvalue weighted by atomic mass is 9.84. The summed E-state index contributed by atoms with van der Waals surface area (Å²) in [4.78, 5) is 17.0. The molecule has 10 nitrogen and oxygen atoms in total. The molecule has 2 atom stereocenters. The minimum Gasteiger partial charge on any atom is -0.472 e. The molecular formula is C32H31ClF3N5O5S2. The minimum absolute atomic E-state index is 0.00342. The fourth-order valence-electron chi connectivity index (χ4n) is 6.03. The van der Waals surface area contributed by atoms with E-state index in [-0.39, 0.29) is 52.9 Å². The largest absolute Gasteiger partial charge is 0.472 e. The van der Waals surface area contributed by atoms with Crippen molar-refractivity contribution >= 4 is 60.0 Å². The van der Waals surface area contributed by atoms with E-state index in [1.54, 1.807) is 19.9 Å². The van der Waals surface area contributed by atoms with E-state index in [0.717, 1.165) is 14.8 Å². The number of nitrogens with zero attached hydrogens (tertiary/aromatic N) is 5. The Balaban J connectivity index is 1.46. The minimum atomic E-state index is -4.49. The average Bonchev–Trinajstić information content (AvgIpc) is 3.65. The Morgan fingerprint density at radius 3 is 2.73 bits per heavy atom. The molecule has 5 aromatic rings. The highest BCUT2D eigenvalue weighted by molar-refractivity contribution is 7.89. The van der Waals surface area contributed by atoms with Crippen LogP contribution < -0.4 is 4.74 Å². The Kier molecular flexibility index (Phi) is 9.41. The molecule has 0 N–H and O–H groups in total. The van der Waals surface area contributed by atoms with E-state index in [0.29, 0.717) is 28.7 Å². The Labute approximate surface area is 283 Å². The van der Waals surface area contributed by atoms with Crippen molar-refractivity contribution in [2.75, 3.05) is 13.2 Å². The third kappa shape index (κ3) is 6.73. The number of hydrogen-bond donors (Lipinski definition) is 0. The number of fused-ring (bicyclic) bond motifs is 3. The van der Waals surface area contributed by atoms with Crippen LogP contribution in [0, 0.1) is 6.92 Å². The van der Waals surface area contributed by atoms with Crippen LogP contribution in [0.25, 0.3) is 21.1 Å². The maximum atomic E-state index is 14.0. The molecule has 0 fully saturated rings. The molecule has 3 aromatic heterocycles. The van der Waals surface area contributed by atoms with Crippen LogP contribution >= 0.6 is 22.9 Å². The number of halogens is 4.